The molecule has 2 aromatic carbocycles. The summed E-state index contributed by atoms with van der Waals surface area (Å²) < 4.78 is 32.8. The van der Waals surface area contributed by atoms with Gasteiger partial charge in [-0.2, -0.15) is 4.31 Å². The fourth-order valence-electron chi connectivity index (χ4n) is 3.09. The second kappa shape index (κ2) is 10.0. The van der Waals surface area contributed by atoms with Crippen LogP contribution in [0, 0.1) is 0 Å². The fourth-order valence-corrected chi connectivity index (χ4v) is 4.84. The molecule has 1 fully saturated rings. The van der Waals surface area contributed by atoms with Crippen LogP contribution >= 0.6 is 23.2 Å². The number of anilines is 1. The van der Waals surface area contributed by atoms with Crippen LogP contribution < -0.4 is 10.1 Å². The molecule has 0 aliphatic carbocycles. The molecule has 1 saturated heterocycles. The number of sulfonamides is 1. The number of halogens is 2. The smallest absolute Gasteiger partial charge is 0.248 e. The van der Waals surface area contributed by atoms with E-state index in [-0.39, 0.29) is 10.6 Å². The largest absolute Gasteiger partial charge is 0.495 e. The number of hydrogen-bond donors (Lipinski definition) is 1. The Bertz CT molecular complexity index is 1100. The van der Waals surface area contributed by atoms with Gasteiger partial charge in [-0.15, -0.1) is 0 Å². The predicted octanol–water partition coefficient (Wildman–Crippen LogP) is 3.59. The van der Waals surface area contributed by atoms with Crippen molar-refractivity contribution in [2.45, 2.75) is 4.90 Å². The van der Waals surface area contributed by atoms with Crippen molar-refractivity contribution in [1.29, 1.82) is 0 Å². The van der Waals surface area contributed by atoms with Gasteiger partial charge in [0.05, 0.1) is 27.7 Å². The van der Waals surface area contributed by atoms with Crippen molar-refractivity contribution in [1.82, 2.24) is 9.21 Å². The summed E-state index contributed by atoms with van der Waals surface area (Å²) in [6.07, 6.45) is 2.90. The molecule has 0 spiro atoms. The Hall–Kier alpha value is -2.10. The van der Waals surface area contributed by atoms with Crippen molar-refractivity contribution in [2.24, 2.45) is 0 Å². The first-order chi connectivity index (χ1) is 14.7. The van der Waals surface area contributed by atoms with Gasteiger partial charge >= 0.3 is 0 Å². The highest BCUT2D eigenvalue weighted by Crippen LogP contribution is 2.29. The zero-order chi connectivity index (χ0) is 22.6. The third-order valence-corrected chi connectivity index (χ3v) is 7.53. The molecule has 2 aromatic rings. The average Bonchev–Trinajstić information content (AvgIpc) is 2.75. The van der Waals surface area contributed by atoms with Gasteiger partial charge in [0.15, 0.2) is 0 Å². The highest BCUT2D eigenvalue weighted by Gasteiger charge is 2.28. The van der Waals surface area contributed by atoms with Gasteiger partial charge in [0.25, 0.3) is 0 Å². The Morgan fingerprint density at radius 2 is 1.77 bits per heavy atom. The standard InChI is InChI=1S/C21H23Cl2N3O4S/c1-25-9-11-26(12-10-25)31(28,29)16-5-7-20(30-2)19(14-16)24-21(27)8-4-15-3-6-17(22)18(23)13-15/h3-8,13-14H,9-12H2,1-2H3,(H,24,27). The van der Waals surface area contributed by atoms with E-state index in [1.54, 1.807) is 24.3 Å². The molecular formula is C21H23Cl2N3O4S. The molecule has 31 heavy (non-hydrogen) atoms. The predicted molar refractivity (Wildman–Crippen MR) is 123 cm³/mol. The van der Waals surface area contributed by atoms with Gasteiger partial charge in [0.2, 0.25) is 15.9 Å². The van der Waals surface area contributed by atoms with E-state index in [0.717, 1.165) is 0 Å². The topological polar surface area (TPSA) is 79.0 Å². The summed E-state index contributed by atoms with van der Waals surface area (Å²) in [4.78, 5) is 14.6. The van der Waals surface area contributed by atoms with Gasteiger partial charge < -0.3 is 15.0 Å². The third-order valence-electron chi connectivity index (χ3n) is 4.90. The summed E-state index contributed by atoms with van der Waals surface area (Å²) in [5.41, 5.74) is 0.962. The van der Waals surface area contributed by atoms with Gasteiger partial charge in [0.1, 0.15) is 5.75 Å². The van der Waals surface area contributed by atoms with E-state index in [1.165, 1.54) is 35.7 Å². The average molecular weight is 484 g/mol. The van der Waals surface area contributed by atoms with Gasteiger partial charge in [-0.25, -0.2) is 8.42 Å². The van der Waals surface area contributed by atoms with E-state index >= 15 is 0 Å². The van der Waals surface area contributed by atoms with Crippen LogP contribution in [0.15, 0.2) is 47.4 Å². The maximum Gasteiger partial charge on any atom is 0.248 e. The van der Waals surface area contributed by atoms with Gasteiger partial charge in [0, 0.05) is 32.3 Å². The van der Waals surface area contributed by atoms with E-state index in [9.17, 15) is 13.2 Å². The van der Waals surface area contributed by atoms with E-state index in [2.05, 4.69) is 10.2 Å². The summed E-state index contributed by atoms with van der Waals surface area (Å²) in [5.74, 6) is -0.0906. The zero-order valence-corrected chi connectivity index (χ0v) is 19.5. The van der Waals surface area contributed by atoms with Crippen molar-refractivity contribution in [3.8, 4) is 5.75 Å². The minimum absolute atomic E-state index is 0.0987. The minimum atomic E-state index is -3.68. The Kier molecular flexibility index (Phi) is 7.61. The van der Waals surface area contributed by atoms with Crippen LogP contribution in [0.2, 0.25) is 10.0 Å². The first kappa shape index (κ1) is 23.6. The number of ether oxygens (including phenoxy) is 1. The lowest BCUT2D eigenvalue weighted by Crippen LogP contribution is -2.47. The van der Waals surface area contributed by atoms with Crippen LogP contribution in [0.4, 0.5) is 5.69 Å². The molecule has 166 valence electrons. The molecule has 0 atom stereocenters. The van der Waals surface area contributed by atoms with Crippen molar-refractivity contribution < 1.29 is 17.9 Å². The number of nitrogens with zero attached hydrogens (tertiary/aromatic N) is 2. The third kappa shape index (κ3) is 5.78. The van der Waals surface area contributed by atoms with Crippen molar-refractivity contribution in [3.05, 3.63) is 58.1 Å². The molecule has 3 rings (SSSR count). The molecule has 1 N–H and O–H groups in total. The Morgan fingerprint density at radius 1 is 1.06 bits per heavy atom. The lowest BCUT2D eigenvalue weighted by Gasteiger charge is -2.31. The van der Waals surface area contributed by atoms with E-state index < -0.39 is 15.9 Å². The Labute approximate surface area is 192 Å². The number of carbonyl (C=O) groups is 1. The van der Waals surface area contributed by atoms with Gasteiger partial charge in [-0.1, -0.05) is 29.3 Å². The van der Waals surface area contributed by atoms with Crippen LogP contribution in [0.1, 0.15) is 5.56 Å². The maximum absolute atomic E-state index is 13.0. The molecule has 0 bridgehead atoms. The van der Waals surface area contributed by atoms with E-state index in [4.69, 9.17) is 27.9 Å². The number of carbonyl (C=O) groups excluding carboxylic acids is 1. The molecule has 10 heteroatoms. The second-order valence-corrected chi connectivity index (χ2v) is 9.82. The molecule has 1 aliphatic heterocycles. The zero-order valence-electron chi connectivity index (χ0n) is 17.1. The summed E-state index contributed by atoms with van der Waals surface area (Å²) in [5, 5.41) is 3.48. The SMILES string of the molecule is COc1ccc(S(=O)(=O)N2CCN(C)CC2)cc1NC(=O)C=Cc1ccc(Cl)c(Cl)c1. The molecular weight excluding hydrogens is 461 g/mol. The van der Waals surface area contributed by atoms with Crippen molar-refractivity contribution in [2.75, 3.05) is 45.7 Å². The first-order valence-electron chi connectivity index (χ1n) is 9.51. The first-order valence-corrected chi connectivity index (χ1v) is 11.7. The molecule has 1 amide bonds. The number of piperazine rings is 1. The highest BCUT2D eigenvalue weighted by molar-refractivity contribution is 7.89. The second-order valence-electron chi connectivity index (χ2n) is 7.07. The minimum Gasteiger partial charge on any atom is -0.495 e. The van der Waals surface area contributed by atoms with E-state index in [1.807, 2.05) is 7.05 Å². The normalized spacial score (nSPS) is 15.9. The molecule has 0 unspecified atom stereocenters. The van der Waals surface area contributed by atoms with Crippen molar-refractivity contribution in [3.63, 3.8) is 0 Å². The van der Waals surface area contributed by atoms with Crippen LogP contribution in [0.25, 0.3) is 6.08 Å². The maximum atomic E-state index is 13.0. The summed E-state index contributed by atoms with van der Waals surface area (Å²) in [6, 6.07) is 9.42. The number of methoxy groups -OCH3 is 1. The Balaban J connectivity index is 1.79. The lowest BCUT2D eigenvalue weighted by atomic mass is 10.2. The van der Waals surface area contributed by atoms with Crippen molar-refractivity contribution >= 4 is 50.9 Å². The summed E-state index contributed by atoms with van der Waals surface area (Å²) in [6.45, 7) is 2.16. The molecule has 0 aromatic heterocycles. The molecule has 0 radical (unpaired) electrons. The van der Waals surface area contributed by atoms with Crippen LogP contribution in [-0.2, 0) is 14.8 Å². The number of likely N-dealkylation sites (N-methyl/N-ethyl adjacent to an activating group) is 1. The molecule has 7 nitrogen and oxygen atoms in total. The van der Waals surface area contributed by atoms with Gasteiger partial charge in [-0.3, -0.25) is 4.79 Å². The van der Waals surface area contributed by atoms with E-state index in [0.29, 0.717) is 47.5 Å². The molecule has 1 aliphatic rings. The summed E-state index contributed by atoms with van der Waals surface area (Å²) in [7, 11) is -0.274. The fraction of sp³-hybridized carbons (Fsp3) is 0.286. The quantitative estimate of drug-likeness (QED) is 0.635. The number of rotatable bonds is 6. The molecule has 1 heterocycles. The lowest BCUT2D eigenvalue weighted by molar-refractivity contribution is -0.111. The van der Waals surface area contributed by atoms with Crippen LogP contribution in [-0.4, -0.2) is 63.9 Å². The van der Waals surface area contributed by atoms with Crippen LogP contribution in [0.3, 0.4) is 0 Å². The Morgan fingerprint density at radius 3 is 2.42 bits per heavy atom. The monoisotopic (exact) mass is 483 g/mol. The number of hydrogen-bond acceptors (Lipinski definition) is 5. The number of benzene rings is 2. The van der Waals surface area contributed by atoms with Crippen LogP contribution in [0.5, 0.6) is 5.75 Å². The molecule has 0 saturated carbocycles. The van der Waals surface area contributed by atoms with Gasteiger partial charge in [-0.05, 0) is 49.0 Å². The number of amides is 1. The number of nitrogens with one attached hydrogen (secondary N) is 1. The summed E-state index contributed by atoms with van der Waals surface area (Å²) >= 11 is 11.9. The highest BCUT2D eigenvalue weighted by atomic mass is 35.5.